The fourth-order valence-corrected chi connectivity index (χ4v) is 2.54. The maximum absolute atomic E-state index is 12.1. The molecule has 0 saturated heterocycles. The number of nitrogen functional groups attached to an aromatic ring is 1. The molecule has 2 aromatic rings. The van der Waals surface area contributed by atoms with E-state index in [0.29, 0.717) is 17.1 Å². The molecule has 0 fully saturated rings. The Kier molecular flexibility index (Phi) is 5.29. The Labute approximate surface area is 133 Å². The second-order valence-corrected chi connectivity index (χ2v) is 5.83. The van der Waals surface area contributed by atoms with Gasteiger partial charge in [0.2, 0.25) is 5.95 Å². The predicted molar refractivity (Wildman–Crippen MR) is 73.2 cm³/mol. The molecule has 20 heavy (non-hydrogen) atoms. The normalized spacial score (nSPS) is 10.7. The summed E-state index contributed by atoms with van der Waals surface area (Å²) in [5.74, 6) is 0.0642. The first-order chi connectivity index (χ1) is 8.87. The molecular formula is C12H14AgN4O2S. The summed E-state index contributed by atoms with van der Waals surface area (Å²) in [7, 11) is -3.69. The number of hydrogen-bond donors (Lipinski definition) is 2. The number of nitrogens with one attached hydrogen (secondary N) is 1. The Morgan fingerprint density at radius 1 is 1.05 bits per heavy atom. The molecule has 1 radical (unpaired) electrons. The third kappa shape index (κ3) is 4.04. The van der Waals surface area contributed by atoms with Gasteiger partial charge < -0.3 is 5.73 Å². The molecule has 1 aromatic carbocycles. The zero-order chi connectivity index (χ0) is 14.0. The number of aryl methyl sites for hydroxylation is 2. The minimum absolute atomic E-state index is 0. The maximum atomic E-state index is 12.1. The molecule has 0 amide bonds. The average Bonchev–Trinajstić information content (AvgIpc) is 2.27. The van der Waals surface area contributed by atoms with Crippen molar-refractivity contribution in [3.8, 4) is 0 Å². The van der Waals surface area contributed by atoms with Gasteiger partial charge in [-0.05, 0) is 44.2 Å². The fraction of sp³-hybridized carbons (Fsp3) is 0.167. The van der Waals surface area contributed by atoms with Crippen molar-refractivity contribution in [1.29, 1.82) is 0 Å². The molecule has 6 nitrogen and oxygen atoms in total. The van der Waals surface area contributed by atoms with Crippen molar-refractivity contribution in [2.45, 2.75) is 18.7 Å². The first-order valence-corrected chi connectivity index (χ1v) is 7.06. The SMILES string of the molecule is Cc1cc(C)nc(NS(=O)(=O)c2ccc(N)cc2)n1.[Ag]. The summed E-state index contributed by atoms with van der Waals surface area (Å²) in [5, 5.41) is 0. The van der Waals surface area contributed by atoms with Gasteiger partial charge in [-0.25, -0.2) is 23.1 Å². The molecule has 2 rings (SSSR count). The molecule has 111 valence electrons. The van der Waals surface area contributed by atoms with E-state index in [2.05, 4.69) is 14.7 Å². The number of sulfonamides is 1. The number of nitrogens with two attached hydrogens (primary N) is 1. The van der Waals surface area contributed by atoms with Crippen molar-refractivity contribution in [1.82, 2.24) is 9.97 Å². The van der Waals surface area contributed by atoms with E-state index in [4.69, 9.17) is 5.73 Å². The first kappa shape index (κ1) is 16.6. The Morgan fingerprint density at radius 3 is 2.05 bits per heavy atom. The van der Waals surface area contributed by atoms with Crippen LogP contribution in [0.1, 0.15) is 11.4 Å². The van der Waals surface area contributed by atoms with E-state index < -0.39 is 10.0 Å². The molecule has 0 unspecified atom stereocenters. The smallest absolute Gasteiger partial charge is 0.264 e. The topological polar surface area (TPSA) is 98.0 Å². The van der Waals surface area contributed by atoms with Crippen LogP contribution in [0.2, 0.25) is 0 Å². The zero-order valence-electron chi connectivity index (χ0n) is 10.9. The number of benzene rings is 1. The zero-order valence-corrected chi connectivity index (χ0v) is 13.2. The van der Waals surface area contributed by atoms with E-state index in [-0.39, 0.29) is 33.2 Å². The number of hydrogen-bond acceptors (Lipinski definition) is 5. The third-order valence-corrected chi connectivity index (χ3v) is 3.74. The van der Waals surface area contributed by atoms with Crippen molar-refractivity contribution in [2.24, 2.45) is 0 Å². The summed E-state index contributed by atoms with van der Waals surface area (Å²) in [6.45, 7) is 3.55. The van der Waals surface area contributed by atoms with Crippen LogP contribution in [0, 0.1) is 13.8 Å². The van der Waals surface area contributed by atoms with Crippen LogP contribution in [0.5, 0.6) is 0 Å². The van der Waals surface area contributed by atoms with E-state index in [1.807, 2.05) is 0 Å². The van der Waals surface area contributed by atoms with Crippen LogP contribution in [0.15, 0.2) is 35.2 Å². The largest absolute Gasteiger partial charge is 0.399 e. The molecule has 3 N–H and O–H groups in total. The molecular weight excluding hydrogens is 372 g/mol. The summed E-state index contributed by atoms with van der Waals surface area (Å²) in [5.41, 5.74) is 7.42. The molecule has 0 aliphatic carbocycles. The van der Waals surface area contributed by atoms with Gasteiger partial charge in [0, 0.05) is 39.5 Å². The second kappa shape index (κ2) is 6.36. The summed E-state index contributed by atoms with van der Waals surface area (Å²) in [6.07, 6.45) is 0. The van der Waals surface area contributed by atoms with Crippen LogP contribution < -0.4 is 10.5 Å². The molecule has 0 aliphatic heterocycles. The van der Waals surface area contributed by atoms with Crippen molar-refractivity contribution in [3.63, 3.8) is 0 Å². The van der Waals surface area contributed by atoms with Crippen LogP contribution in [-0.4, -0.2) is 18.4 Å². The van der Waals surface area contributed by atoms with E-state index >= 15 is 0 Å². The van der Waals surface area contributed by atoms with E-state index in [1.54, 1.807) is 19.9 Å². The quantitative estimate of drug-likeness (QED) is 0.615. The van der Waals surface area contributed by atoms with Gasteiger partial charge in [0.15, 0.2) is 0 Å². The van der Waals surface area contributed by atoms with Crippen LogP contribution in [-0.2, 0) is 32.4 Å². The average molecular weight is 386 g/mol. The Morgan fingerprint density at radius 2 is 1.55 bits per heavy atom. The van der Waals surface area contributed by atoms with Gasteiger partial charge in [0.25, 0.3) is 10.0 Å². The van der Waals surface area contributed by atoms with Crippen LogP contribution >= 0.6 is 0 Å². The standard InChI is InChI=1S/C12H14N4O2S.Ag/c1-8-7-9(2)15-12(14-8)16-19(17,18)11-5-3-10(13)4-6-11;/h3-7H,13H2,1-2H3,(H,14,15,16);. The van der Waals surface area contributed by atoms with Crippen molar-refractivity contribution < 1.29 is 30.8 Å². The van der Waals surface area contributed by atoms with E-state index in [1.165, 1.54) is 24.3 Å². The van der Waals surface area contributed by atoms with Crippen LogP contribution in [0.25, 0.3) is 0 Å². The van der Waals surface area contributed by atoms with Crippen molar-refractivity contribution in [2.75, 3.05) is 10.5 Å². The number of aromatic nitrogens is 2. The molecule has 0 spiro atoms. The van der Waals surface area contributed by atoms with Gasteiger partial charge in [-0.2, -0.15) is 0 Å². The van der Waals surface area contributed by atoms with Crippen LogP contribution in [0.4, 0.5) is 11.6 Å². The molecule has 0 bridgehead atoms. The van der Waals surface area contributed by atoms with E-state index in [0.717, 1.165) is 0 Å². The van der Waals surface area contributed by atoms with E-state index in [9.17, 15) is 8.42 Å². The Hall–Kier alpha value is -1.41. The van der Waals surface area contributed by atoms with Gasteiger partial charge in [-0.3, -0.25) is 0 Å². The van der Waals surface area contributed by atoms with Crippen molar-refractivity contribution in [3.05, 3.63) is 41.7 Å². The summed E-state index contributed by atoms with van der Waals surface area (Å²) >= 11 is 0. The molecule has 0 aliphatic rings. The first-order valence-electron chi connectivity index (χ1n) is 5.57. The number of anilines is 2. The molecule has 1 aromatic heterocycles. The molecule has 0 atom stereocenters. The minimum atomic E-state index is -3.69. The van der Waals surface area contributed by atoms with Gasteiger partial charge >= 0.3 is 0 Å². The fourth-order valence-electron chi connectivity index (χ4n) is 1.60. The summed E-state index contributed by atoms with van der Waals surface area (Å²) < 4.78 is 26.6. The molecule has 1 heterocycles. The third-order valence-electron chi connectivity index (χ3n) is 2.40. The Bertz CT molecular complexity index is 682. The number of nitrogens with zero attached hydrogens (tertiary/aromatic N) is 2. The summed E-state index contributed by atoms with van der Waals surface area (Å²) in [6, 6.07) is 7.68. The van der Waals surface area contributed by atoms with Crippen LogP contribution in [0.3, 0.4) is 0 Å². The minimum Gasteiger partial charge on any atom is -0.399 e. The van der Waals surface area contributed by atoms with Gasteiger partial charge in [0.05, 0.1) is 4.90 Å². The molecule has 0 saturated carbocycles. The second-order valence-electron chi connectivity index (χ2n) is 4.15. The monoisotopic (exact) mass is 385 g/mol. The van der Waals surface area contributed by atoms with Gasteiger partial charge in [0.1, 0.15) is 0 Å². The Balaban J connectivity index is 0.00000200. The maximum Gasteiger partial charge on any atom is 0.264 e. The van der Waals surface area contributed by atoms with Crippen molar-refractivity contribution >= 4 is 21.7 Å². The predicted octanol–water partition coefficient (Wildman–Crippen LogP) is 1.47. The number of rotatable bonds is 3. The summed E-state index contributed by atoms with van der Waals surface area (Å²) in [4.78, 5) is 8.19. The van der Waals surface area contributed by atoms with Gasteiger partial charge in [-0.15, -0.1) is 0 Å². The molecule has 8 heteroatoms. The van der Waals surface area contributed by atoms with Gasteiger partial charge in [-0.1, -0.05) is 0 Å².